The molecule has 0 aliphatic heterocycles. The largest absolute Gasteiger partial charge is 0.158 e. The maximum absolute atomic E-state index is 13.2. The summed E-state index contributed by atoms with van der Waals surface area (Å²) in [7, 11) is -3.32. The second-order valence-electron chi connectivity index (χ2n) is 7.04. The van der Waals surface area contributed by atoms with E-state index in [9.17, 15) is 7.77 Å². The highest BCUT2D eigenvalue weighted by Crippen LogP contribution is 2.62. The summed E-state index contributed by atoms with van der Waals surface area (Å²) in [6, 6.07) is 0. The summed E-state index contributed by atoms with van der Waals surface area (Å²) in [5.74, 6) is 1.01. The molecule has 1 atom stereocenters. The number of rotatable bonds is 7. The maximum Gasteiger partial charge on any atom is 0.0573 e. The Labute approximate surface area is 119 Å². The zero-order chi connectivity index (χ0) is 14.8. The van der Waals surface area contributed by atoms with E-state index in [0.717, 1.165) is 25.5 Å². The molecule has 1 rings (SSSR count). The number of allylic oxidation sites excluding steroid dienone is 1. The third-order valence-corrected chi connectivity index (χ3v) is 6.32. The van der Waals surface area contributed by atoms with Crippen LogP contribution >= 0.6 is 10.8 Å². The Morgan fingerprint density at radius 3 is 2.32 bits per heavy atom. The van der Waals surface area contributed by atoms with Gasteiger partial charge in [0.1, 0.15) is 0 Å². The van der Waals surface area contributed by atoms with Crippen LogP contribution in [0.1, 0.15) is 59.8 Å². The number of hydrogen-bond acceptors (Lipinski definition) is 0. The van der Waals surface area contributed by atoms with Crippen molar-refractivity contribution in [3.05, 3.63) is 12.2 Å². The molecule has 0 saturated heterocycles. The van der Waals surface area contributed by atoms with Crippen molar-refractivity contribution in [1.82, 2.24) is 0 Å². The Morgan fingerprint density at radius 1 is 1.37 bits per heavy atom. The third-order valence-electron chi connectivity index (χ3n) is 4.76. The minimum Gasteiger partial charge on any atom is -0.158 e. The molecule has 114 valence electrons. The van der Waals surface area contributed by atoms with Gasteiger partial charge in [0, 0.05) is 11.5 Å². The topological polar surface area (TPSA) is 0 Å². The average Bonchev–Trinajstić information content (AvgIpc) is 2.20. The van der Waals surface area contributed by atoms with E-state index in [4.69, 9.17) is 0 Å². The summed E-state index contributed by atoms with van der Waals surface area (Å²) in [5.41, 5.74) is 1.39. The lowest BCUT2D eigenvalue weighted by atomic mass is 9.67. The Morgan fingerprint density at radius 2 is 1.89 bits per heavy atom. The predicted octanol–water partition coefficient (Wildman–Crippen LogP) is 6.38. The van der Waals surface area contributed by atoms with E-state index in [2.05, 4.69) is 34.3 Å². The van der Waals surface area contributed by atoms with E-state index in [0.29, 0.717) is 11.8 Å². The van der Waals surface area contributed by atoms with Gasteiger partial charge in [0.2, 0.25) is 0 Å². The minimum atomic E-state index is -3.32. The van der Waals surface area contributed by atoms with Crippen molar-refractivity contribution in [3.63, 3.8) is 0 Å². The summed E-state index contributed by atoms with van der Waals surface area (Å²) >= 11 is 0. The van der Waals surface area contributed by atoms with Gasteiger partial charge in [-0.3, -0.25) is 0 Å². The second kappa shape index (κ2) is 6.15. The third kappa shape index (κ3) is 4.47. The molecule has 0 aromatic heterocycles. The van der Waals surface area contributed by atoms with Gasteiger partial charge in [0.25, 0.3) is 0 Å². The average molecular weight is 292 g/mol. The normalized spacial score (nSPS) is 26.7. The van der Waals surface area contributed by atoms with E-state index >= 15 is 0 Å². The quantitative estimate of drug-likeness (QED) is 0.478. The fraction of sp³-hybridized carbons (Fsp3) is 0.875. The molecular weight excluding hydrogens is 262 g/mol. The van der Waals surface area contributed by atoms with Crippen LogP contribution in [0.2, 0.25) is 0 Å². The van der Waals surface area contributed by atoms with Crippen molar-refractivity contribution in [2.75, 3.05) is 6.26 Å². The molecule has 1 aliphatic rings. The molecule has 0 amide bonds. The highest BCUT2D eigenvalue weighted by Gasteiger charge is 2.42. The fourth-order valence-corrected chi connectivity index (χ4v) is 4.53. The zero-order valence-electron chi connectivity index (χ0n) is 13.1. The molecule has 0 spiro atoms. The van der Waals surface area contributed by atoms with Crippen LogP contribution in [0.3, 0.4) is 0 Å². The maximum atomic E-state index is 13.2. The van der Waals surface area contributed by atoms with Crippen LogP contribution < -0.4 is 0 Å². The SMILES string of the molecule is C=C(C(C)CCC)C(C)(C)CC1CC(S(C)(F)F)C1. The summed E-state index contributed by atoms with van der Waals surface area (Å²) < 4.78 is 26.5. The molecule has 0 heterocycles. The zero-order valence-corrected chi connectivity index (χ0v) is 14.0. The van der Waals surface area contributed by atoms with Crippen LogP contribution in [0.15, 0.2) is 12.2 Å². The van der Waals surface area contributed by atoms with Crippen molar-refractivity contribution in [1.29, 1.82) is 0 Å². The van der Waals surface area contributed by atoms with Crippen molar-refractivity contribution in [2.24, 2.45) is 17.3 Å². The van der Waals surface area contributed by atoms with Crippen LogP contribution in [-0.4, -0.2) is 11.5 Å². The molecule has 1 unspecified atom stereocenters. The Kier molecular flexibility index (Phi) is 5.51. The van der Waals surface area contributed by atoms with Crippen molar-refractivity contribution in [3.8, 4) is 0 Å². The molecule has 19 heavy (non-hydrogen) atoms. The second-order valence-corrected chi connectivity index (χ2v) is 9.27. The molecule has 1 fully saturated rings. The van der Waals surface area contributed by atoms with Gasteiger partial charge in [-0.1, -0.05) is 46.3 Å². The molecule has 0 radical (unpaired) electrons. The van der Waals surface area contributed by atoms with Gasteiger partial charge in [-0.25, -0.2) is 0 Å². The first-order valence-electron chi connectivity index (χ1n) is 7.43. The van der Waals surface area contributed by atoms with Gasteiger partial charge in [-0.15, -0.1) is 0 Å². The standard InChI is InChI=1S/C16H30F2S/c1-7-8-12(2)13(3)16(4,5)11-14-9-15(10-14)19(6,17)18/h12,14-15H,3,7-11H2,1-2,4-6H3. The summed E-state index contributed by atoms with van der Waals surface area (Å²) in [6.45, 7) is 13.2. The molecule has 1 aliphatic carbocycles. The predicted molar refractivity (Wildman–Crippen MR) is 83.9 cm³/mol. The first kappa shape index (κ1) is 17.0. The molecule has 0 aromatic rings. The first-order valence-corrected chi connectivity index (χ1v) is 9.34. The lowest BCUT2D eigenvalue weighted by molar-refractivity contribution is 0.210. The van der Waals surface area contributed by atoms with Gasteiger partial charge < -0.3 is 0 Å². The molecule has 0 N–H and O–H groups in total. The molecule has 3 heteroatoms. The number of halogens is 2. The minimum absolute atomic E-state index is 0.0859. The van der Waals surface area contributed by atoms with Crippen molar-refractivity contribution < 1.29 is 7.77 Å². The van der Waals surface area contributed by atoms with Gasteiger partial charge >= 0.3 is 0 Å². The van der Waals surface area contributed by atoms with Gasteiger partial charge in [-0.2, -0.15) is 7.77 Å². The summed E-state index contributed by atoms with van der Waals surface area (Å²) in [6.07, 6.45) is 5.95. The Bertz CT molecular complexity index is 311. The molecule has 0 nitrogen and oxygen atoms in total. The van der Waals surface area contributed by atoms with E-state index in [-0.39, 0.29) is 10.7 Å². The first-order chi connectivity index (χ1) is 8.58. The molecule has 0 bridgehead atoms. The van der Waals surface area contributed by atoms with E-state index in [1.54, 1.807) is 0 Å². The van der Waals surface area contributed by atoms with Crippen molar-refractivity contribution >= 4 is 10.8 Å². The Hall–Kier alpha value is -0.0500. The van der Waals surface area contributed by atoms with Crippen molar-refractivity contribution in [2.45, 2.75) is 65.0 Å². The van der Waals surface area contributed by atoms with Gasteiger partial charge in [0.15, 0.2) is 0 Å². The highest BCUT2D eigenvalue weighted by molar-refractivity contribution is 8.25. The van der Waals surface area contributed by atoms with E-state index in [1.807, 2.05) is 0 Å². The molecule has 0 aromatic carbocycles. The monoisotopic (exact) mass is 292 g/mol. The molecular formula is C16H30F2S. The summed E-state index contributed by atoms with van der Waals surface area (Å²) in [4.78, 5) is 0. The van der Waals surface area contributed by atoms with E-state index < -0.39 is 10.8 Å². The van der Waals surface area contributed by atoms with Crippen LogP contribution in [0, 0.1) is 17.3 Å². The van der Waals surface area contributed by atoms with Gasteiger partial charge in [0.05, 0.1) is 10.8 Å². The van der Waals surface area contributed by atoms with Crippen LogP contribution in [0.5, 0.6) is 0 Å². The van der Waals surface area contributed by atoms with Crippen LogP contribution in [0.25, 0.3) is 0 Å². The fourth-order valence-electron chi connectivity index (χ4n) is 3.31. The van der Waals surface area contributed by atoms with Crippen LogP contribution in [0.4, 0.5) is 7.77 Å². The van der Waals surface area contributed by atoms with Crippen LogP contribution in [-0.2, 0) is 0 Å². The smallest absolute Gasteiger partial charge is 0.0573 e. The Balaban J connectivity index is 2.46. The molecule has 1 saturated carbocycles. The lowest BCUT2D eigenvalue weighted by Crippen LogP contribution is -2.34. The number of hydrogen-bond donors (Lipinski definition) is 0. The highest BCUT2D eigenvalue weighted by atomic mass is 32.3. The summed E-state index contributed by atoms with van der Waals surface area (Å²) in [5, 5.41) is -0.311. The lowest BCUT2D eigenvalue weighted by Gasteiger charge is -2.44. The van der Waals surface area contributed by atoms with E-state index in [1.165, 1.54) is 18.4 Å². The van der Waals surface area contributed by atoms with Gasteiger partial charge in [-0.05, 0) is 42.9 Å².